The van der Waals surface area contributed by atoms with E-state index in [4.69, 9.17) is 4.52 Å². The number of halogens is 4. The third-order valence-electron chi connectivity index (χ3n) is 4.70. The molecule has 0 saturated carbocycles. The zero-order valence-electron chi connectivity index (χ0n) is 17.1. The van der Waals surface area contributed by atoms with Gasteiger partial charge in [0.1, 0.15) is 11.6 Å². The molecule has 0 aliphatic heterocycles. The second-order valence-corrected chi connectivity index (χ2v) is 8.18. The molecule has 5 nitrogen and oxygen atoms in total. The fraction of sp³-hybridized carbons (Fsp3) is 0.130. The van der Waals surface area contributed by atoms with Crippen molar-refractivity contribution in [2.75, 3.05) is 4.90 Å². The number of nitrogens with zero attached hydrogens (tertiary/aromatic N) is 2. The number of ether oxygens (including phenoxy) is 1. The van der Waals surface area contributed by atoms with E-state index in [1.165, 1.54) is 65.8 Å². The Morgan fingerprint density at radius 1 is 1.12 bits per heavy atom. The number of benzene rings is 2. The van der Waals surface area contributed by atoms with Gasteiger partial charge in [-0.2, -0.15) is 0 Å². The minimum absolute atomic E-state index is 0.0362. The maximum atomic E-state index is 14.5. The predicted molar refractivity (Wildman–Crippen MR) is 115 cm³/mol. The molecule has 0 bridgehead atoms. The number of alkyl halides is 3. The third-order valence-corrected chi connectivity index (χ3v) is 5.82. The van der Waals surface area contributed by atoms with E-state index < -0.39 is 18.1 Å². The van der Waals surface area contributed by atoms with Gasteiger partial charge in [-0.15, -0.1) is 24.5 Å². The van der Waals surface area contributed by atoms with E-state index in [0.717, 1.165) is 9.75 Å². The lowest BCUT2D eigenvalue weighted by Gasteiger charge is -2.21. The quantitative estimate of drug-likeness (QED) is 0.295. The van der Waals surface area contributed by atoms with E-state index in [2.05, 4.69) is 9.89 Å². The lowest BCUT2D eigenvalue weighted by molar-refractivity contribution is -0.274. The predicted octanol–water partition coefficient (Wildman–Crippen LogP) is 6.60. The molecule has 0 aliphatic carbocycles. The molecule has 0 fully saturated rings. The van der Waals surface area contributed by atoms with E-state index in [1.807, 2.05) is 0 Å². The van der Waals surface area contributed by atoms with Crippen LogP contribution in [-0.2, 0) is 6.54 Å². The van der Waals surface area contributed by atoms with Crippen molar-refractivity contribution in [1.82, 2.24) is 5.16 Å². The zero-order valence-corrected chi connectivity index (χ0v) is 17.9. The minimum atomic E-state index is -4.77. The van der Waals surface area contributed by atoms with E-state index in [9.17, 15) is 22.4 Å². The number of para-hydroxylation sites is 1. The van der Waals surface area contributed by atoms with Crippen molar-refractivity contribution in [3.63, 3.8) is 0 Å². The summed E-state index contributed by atoms with van der Waals surface area (Å²) in [5, 5.41) is 3.54. The van der Waals surface area contributed by atoms with Gasteiger partial charge < -0.3 is 9.26 Å². The highest BCUT2D eigenvalue weighted by molar-refractivity contribution is 7.15. The van der Waals surface area contributed by atoms with Crippen LogP contribution in [0.25, 0.3) is 10.4 Å². The fourth-order valence-electron chi connectivity index (χ4n) is 3.21. The summed E-state index contributed by atoms with van der Waals surface area (Å²) in [4.78, 5) is 15.7. The van der Waals surface area contributed by atoms with Crippen LogP contribution >= 0.6 is 11.3 Å². The molecule has 2 heterocycles. The summed E-state index contributed by atoms with van der Waals surface area (Å²) in [5.41, 5.74) is 1.10. The van der Waals surface area contributed by atoms with Crippen molar-refractivity contribution in [3.05, 3.63) is 88.9 Å². The fourth-order valence-corrected chi connectivity index (χ4v) is 4.20. The number of rotatable bonds is 6. The van der Waals surface area contributed by atoms with Gasteiger partial charge in [0.05, 0.1) is 18.4 Å². The Morgan fingerprint density at radius 2 is 1.91 bits per heavy atom. The third kappa shape index (κ3) is 5.23. The van der Waals surface area contributed by atoms with Crippen molar-refractivity contribution in [2.45, 2.75) is 19.8 Å². The van der Waals surface area contributed by atoms with Gasteiger partial charge in [-0.05, 0) is 60.5 Å². The molecule has 170 valence electrons. The number of aryl methyl sites for hydroxylation is 1. The molecule has 2 aromatic heterocycles. The highest BCUT2D eigenvalue weighted by atomic mass is 32.1. The maximum Gasteiger partial charge on any atom is 0.573 e. The van der Waals surface area contributed by atoms with Gasteiger partial charge in [-0.1, -0.05) is 17.3 Å². The summed E-state index contributed by atoms with van der Waals surface area (Å²) in [7, 11) is 0. The normalized spacial score (nSPS) is 11.4. The Hall–Kier alpha value is -3.66. The number of hydrogen-bond acceptors (Lipinski definition) is 5. The van der Waals surface area contributed by atoms with Crippen molar-refractivity contribution in [1.29, 1.82) is 0 Å². The van der Waals surface area contributed by atoms with Crippen LogP contribution in [0.4, 0.5) is 23.2 Å². The van der Waals surface area contributed by atoms with Crippen LogP contribution in [0.3, 0.4) is 0 Å². The van der Waals surface area contributed by atoms with Crippen LogP contribution < -0.4 is 9.64 Å². The van der Waals surface area contributed by atoms with E-state index in [1.54, 1.807) is 24.3 Å². The van der Waals surface area contributed by atoms with Gasteiger partial charge >= 0.3 is 6.36 Å². The molecule has 0 unspecified atom stereocenters. The summed E-state index contributed by atoms with van der Waals surface area (Å²) in [6.45, 7) is 1.58. The molecule has 0 atom stereocenters. The smallest absolute Gasteiger partial charge is 0.406 e. The van der Waals surface area contributed by atoms with Crippen LogP contribution in [0.1, 0.15) is 21.0 Å². The SMILES string of the molecule is Cc1cc(-c2ccc(CN(C(=O)c3ccno3)c3ccccc3F)s2)ccc1OC(F)(F)F. The molecule has 0 radical (unpaired) electrons. The Labute approximate surface area is 189 Å². The van der Waals surface area contributed by atoms with Crippen LogP contribution in [0.5, 0.6) is 5.75 Å². The average Bonchev–Trinajstić information content (AvgIpc) is 3.45. The topological polar surface area (TPSA) is 55.6 Å². The Bertz CT molecular complexity index is 1270. The number of anilines is 1. The number of amides is 1. The van der Waals surface area contributed by atoms with Crippen molar-refractivity contribution in [2.24, 2.45) is 0 Å². The molecule has 4 aromatic rings. The number of carbonyl (C=O) groups is 1. The number of thiophene rings is 1. The molecule has 4 rings (SSSR count). The standard InChI is InChI=1S/C23H16F4N2O3S/c1-14-12-15(6-8-19(14)31-23(25,26)27)21-9-7-16(33-21)13-29(18-5-3-2-4-17(18)24)22(30)20-10-11-28-32-20/h2-12H,13H2,1H3. The second kappa shape index (κ2) is 9.07. The molecular weight excluding hydrogens is 460 g/mol. The molecule has 33 heavy (non-hydrogen) atoms. The highest BCUT2D eigenvalue weighted by Gasteiger charge is 2.31. The molecule has 1 amide bonds. The number of aromatic nitrogens is 1. The van der Waals surface area contributed by atoms with Crippen LogP contribution in [0, 0.1) is 12.7 Å². The van der Waals surface area contributed by atoms with Crippen LogP contribution in [0.2, 0.25) is 0 Å². The van der Waals surface area contributed by atoms with E-state index in [0.29, 0.717) is 11.1 Å². The number of carbonyl (C=O) groups excluding carboxylic acids is 1. The van der Waals surface area contributed by atoms with E-state index >= 15 is 0 Å². The first-order chi connectivity index (χ1) is 15.7. The monoisotopic (exact) mass is 476 g/mol. The summed E-state index contributed by atoms with van der Waals surface area (Å²) in [5.74, 6) is -1.44. The molecule has 0 N–H and O–H groups in total. The Morgan fingerprint density at radius 3 is 2.58 bits per heavy atom. The maximum absolute atomic E-state index is 14.5. The van der Waals surface area contributed by atoms with Crippen molar-refractivity contribution in [3.8, 4) is 16.2 Å². The van der Waals surface area contributed by atoms with Crippen LogP contribution in [-0.4, -0.2) is 17.4 Å². The molecule has 10 heteroatoms. The summed E-state index contributed by atoms with van der Waals surface area (Å²) < 4.78 is 61.0. The highest BCUT2D eigenvalue weighted by Crippen LogP contribution is 2.34. The molecule has 0 aliphatic rings. The first-order valence-corrected chi connectivity index (χ1v) is 10.5. The molecular formula is C23H16F4N2O3S. The molecule has 0 spiro atoms. The van der Waals surface area contributed by atoms with Gasteiger partial charge in [-0.3, -0.25) is 9.69 Å². The van der Waals surface area contributed by atoms with Gasteiger partial charge in [0, 0.05) is 15.8 Å². The molecule has 0 saturated heterocycles. The minimum Gasteiger partial charge on any atom is -0.406 e. The average molecular weight is 476 g/mol. The number of hydrogen-bond donors (Lipinski definition) is 0. The lowest BCUT2D eigenvalue weighted by atomic mass is 10.1. The molecule has 2 aromatic carbocycles. The van der Waals surface area contributed by atoms with Crippen molar-refractivity contribution >= 4 is 22.9 Å². The summed E-state index contributed by atoms with van der Waals surface area (Å²) in [6.07, 6.45) is -3.45. The first kappa shape index (κ1) is 22.5. The van der Waals surface area contributed by atoms with Gasteiger partial charge in [0.15, 0.2) is 0 Å². The van der Waals surface area contributed by atoms with Crippen LogP contribution in [0.15, 0.2) is 71.4 Å². The summed E-state index contributed by atoms with van der Waals surface area (Å²) >= 11 is 1.33. The summed E-state index contributed by atoms with van der Waals surface area (Å²) in [6, 6.07) is 15.2. The van der Waals surface area contributed by atoms with Gasteiger partial charge in [0.25, 0.3) is 5.91 Å². The zero-order chi connectivity index (χ0) is 23.6. The van der Waals surface area contributed by atoms with Gasteiger partial charge in [0.2, 0.25) is 5.76 Å². The lowest BCUT2D eigenvalue weighted by Crippen LogP contribution is -2.30. The van der Waals surface area contributed by atoms with E-state index in [-0.39, 0.29) is 23.7 Å². The first-order valence-electron chi connectivity index (χ1n) is 9.64. The Kier molecular flexibility index (Phi) is 6.19. The largest absolute Gasteiger partial charge is 0.573 e. The van der Waals surface area contributed by atoms with Gasteiger partial charge in [-0.25, -0.2) is 4.39 Å². The van der Waals surface area contributed by atoms with Crippen molar-refractivity contribution < 1.29 is 31.6 Å². The second-order valence-electron chi connectivity index (χ2n) is 7.01. The Balaban J connectivity index is 1.61.